The fourth-order valence-corrected chi connectivity index (χ4v) is 3.59. The summed E-state index contributed by atoms with van der Waals surface area (Å²) in [7, 11) is 0. The zero-order chi connectivity index (χ0) is 16.8. The minimum atomic E-state index is 0. The molecule has 0 radical (unpaired) electrons. The van der Waals surface area contributed by atoms with Gasteiger partial charge in [0.2, 0.25) is 5.91 Å². The van der Waals surface area contributed by atoms with E-state index in [0.717, 1.165) is 52.2 Å². The average molecular weight is 403 g/mol. The molecule has 2 atom stereocenters. The van der Waals surface area contributed by atoms with E-state index in [-0.39, 0.29) is 30.7 Å². The summed E-state index contributed by atoms with van der Waals surface area (Å²) in [5.74, 6) is 0.769. The van der Waals surface area contributed by atoms with Crippen molar-refractivity contribution in [3.63, 3.8) is 0 Å². The predicted octanol–water partition coefficient (Wildman–Crippen LogP) is 2.16. The van der Waals surface area contributed by atoms with Crippen molar-refractivity contribution in [3.8, 4) is 0 Å². The molecular formula is C19H32Cl2N4O. The van der Waals surface area contributed by atoms with Crippen molar-refractivity contribution in [3.05, 3.63) is 30.3 Å². The van der Waals surface area contributed by atoms with E-state index >= 15 is 0 Å². The van der Waals surface area contributed by atoms with Crippen LogP contribution < -0.4 is 15.5 Å². The average Bonchev–Trinajstić information content (AvgIpc) is 2.63. The number of hydrogen-bond donors (Lipinski definition) is 2. The SMILES string of the molecule is CC1CCNCC1NC(=O)CCN1CCN(c2ccccc2)CC1.Cl.Cl. The molecule has 0 saturated carbocycles. The first-order valence-electron chi connectivity index (χ1n) is 9.25. The first kappa shape index (κ1) is 23.0. The Balaban J connectivity index is 0.00000169. The molecule has 0 spiro atoms. The van der Waals surface area contributed by atoms with Crippen LogP contribution in [0, 0.1) is 5.92 Å². The lowest BCUT2D eigenvalue weighted by Crippen LogP contribution is -2.51. The smallest absolute Gasteiger partial charge is 0.221 e. The van der Waals surface area contributed by atoms with Crippen molar-refractivity contribution < 1.29 is 4.79 Å². The lowest BCUT2D eigenvalue weighted by Gasteiger charge is -2.36. The number of piperidine rings is 1. The number of benzene rings is 1. The number of hydrogen-bond acceptors (Lipinski definition) is 4. The highest BCUT2D eigenvalue weighted by molar-refractivity contribution is 5.85. The monoisotopic (exact) mass is 402 g/mol. The molecule has 0 bridgehead atoms. The van der Waals surface area contributed by atoms with Crippen LogP contribution >= 0.6 is 24.8 Å². The summed E-state index contributed by atoms with van der Waals surface area (Å²) in [6, 6.07) is 10.9. The minimum Gasteiger partial charge on any atom is -0.369 e. The number of carbonyl (C=O) groups is 1. The summed E-state index contributed by atoms with van der Waals surface area (Å²) in [4.78, 5) is 17.0. The van der Waals surface area contributed by atoms with Crippen molar-refractivity contribution >= 4 is 36.4 Å². The number of amides is 1. The van der Waals surface area contributed by atoms with E-state index in [1.54, 1.807) is 0 Å². The van der Waals surface area contributed by atoms with Gasteiger partial charge in [0.05, 0.1) is 0 Å². The molecule has 1 aromatic rings. The molecule has 26 heavy (non-hydrogen) atoms. The van der Waals surface area contributed by atoms with Crippen LogP contribution in [-0.2, 0) is 4.79 Å². The standard InChI is InChI=1S/C19H30N4O.2ClH/c1-16-7-9-20-15-18(16)21-19(24)8-10-22-11-13-23(14-12-22)17-5-3-2-4-6-17;;/h2-6,16,18,20H,7-15H2,1H3,(H,21,24);2*1H. The largest absolute Gasteiger partial charge is 0.369 e. The number of anilines is 1. The van der Waals surface area contributed by atoms with Crippen LogP contribution in [0.25, 0.3) is 0 Å². The van der Waals surface area contributed by atoms with Gasteiger partial charge in [0.25, 0.3) is 0 Å². The van der Waals surface area contributed by atoms with E-state index < -0.39 is 0 Å². The Labute approximate surface area is 169 Å². The van der Waals surface area contributed by atoms with Crippen LogP contribution in [-0.4, -0.2) is 62.7 Å². The van der Waals surface area contributed by atoms with Gasteiger partial charge >= 0.3 is 0 Å². The lowest BCUT2D eigenvalue weighted by molar-refractivity contribution is -0.122. The highest BCUT2D eigenvalue weighted by atomic mass is 35.5. The quantitative estimate of drug-likeness (QED) is 0.791. The highest BCUT2D eigenvalue weighted by Crippen LogP contribution is 2.15. The van der Waals surface area contributed by atoms with Gasteiger partial charge in [-0.3, -0.25) is 9.69 Å². The van der Waals surface area contributed by atoms with Crippen LogP contribution in [0.3, 0.4) is 0 Å². The van der Waals surface area contributed by atoms with Gasteiger partial charge < -0.3 is 15.5 Å². The zero-order valence-electron chi connectivity index (χ0n) is 15.5. The number of nitrogens with one attached hydrogen (secondary N) is 2. The molecular weight excluding hydrogens is 371 g/mol. The van der Waals surface area contributed by atoms with E-state index in [2.05, 4.69) is 57.7 Å². The summed E-state index contributed by atoms with van der Waals surface area (Å²) >= 11 is 0. The number of nitrogens with zero attached hydrogens (tertiary/aromatic N) is 2. The van der Waals surface area contributed by atoms with Crippen molar-refractivity contribution in [1.82, 2.24) is 15.5 Å². The molecule has 148 valence electrons. The molecule has 5 nitrogen and oxygen atoms in total. The van der Waals surface area contributed by atoms with Gasteiger partial charge in [-0.05, 0) is 31.0 Å². The maximum Gasteiger partial charge on any atom is 0.221 e. The number of para-hydroxylation sites is 1. The third kappa shape index (κ3) is 6.62. The van der Waals surface area contributed by atoms with Crippen molar-refractivity contribution in [2.24, 2.45) is 5.92 Å². The van der Waals surface area contributed by atoms with E-state index in [0.29, 0.717) is 18.4 Å². The van der Waals surface area contributed by atoms with Gasteiger partial charge in [-0.15, -0.1) is 24.8 Å². The number of carbonyl (C=O) groups excluding carboxylic acids is 1. The molecule has 0 aliphatic carbocycles. The topological polar surface area (TPSA) is 47.6 Å². The Morgan fingerprint density at radius 2 is 1.85 bits per heavy atom. The van der Waals surface area contributed by atoms with Gasteiger partial charge in [0.1, 0.15) is 0 Å². The Bertz CT molecular complexity index is 524. The second-order valence-corrected chi connectivity index (χ2v) is 7.06. The number of halogens is 2. The van der Waals surface area contributed by atoms with Gasteiger partial charge in [-0.25, -0.2) is 0 Å². The Morgan fingerprint density at radius 3 is 2.50 bits per heavy atom. The van der Waals surface area contributed by atoms with Crippen LogP contribution in [0.4, 0.5) is 5.69 Å². The maximum absolute atomic E-state index is 12.2. The van der Waals surface area contributed by atoms with Gasteiger partial charge in [0.15, 0.2) is 0 Å². The van der Waals surface area contributed by atoms with E-state index in [4.69, 9.17) is 0 Å². The molecule has 2 aliphatic rings. The third-order valence-electron chi connectivity index (χ3n) is 5.32. The molecule has 0 aromatic heterocycles. The molecule has 1 aromatic carbocycles. The second-order valence-electron chi connectivity index (χ2n) is 7.06. The molecule has 7 heteroatoms. The number of rotatable bonds is 5. The van der Waals surface area contributed by atoms with E-state index in [9.17, 15) is 4.79 Å². The molecule has 2 unspecified atom stereocenters. The van der Waals surface area contributed by atoms with Crippen LogP contribution in [0.15, 0.2) is 30.3 Å². The third-order valence-corrected chi connectivity index (χ3v) is 5.32. The molecule has 2 fully saturated rings. The first-order chi connectivity index (χ1) is 11.7. The predicted molar refractivity (Wildman–Crippen MR) is 113 cm³/mol. The summed E-state index contributed by atoms with van der Waals surface area (Å²) in [6.45, 7) is 9.21. The minimum absolute atomic E-state index is 0. The summed E-state index contributed by atoms with van der Waals surface area (Å²) in [5.41, 5.74) is 1.30. The van der Waals surface area contributed by atoms with Gasteiger partial charge in [-0.2, -0.15) is 0 Å². The van der Waals surface area contributed by atoms with Crippen LogP contribution in [0.5, 0.6) is 0 Å². The van der Waals surface area contributed by atoms with E-state index in [1.165, 1.54) is 5.69 Å². The molecule has 1 amide bonds. The molecule has 2 N–H and O–H groups in total. The van der Waals surface area contributed by atoms with Gasteiger partial charge in [-0.1, -0.05) is 25.1 Å². The summed E-state index contributed by atoms with van der Waals surface area (Å²) in [5, 5.41) is 6.57. The first-order valence-corrected chi connectivity index (χ1v) is 9.25. The normalized spacial score (nSPS) is 23.5. The molecule has 2 heterocycles. The van der Waals surface area contributed by atoms with Crippen molar-refractivity contribution in [2.75, 3.05) is 50.7 Å². The van der Waals surface area contributed by atoms with E-state index in [1.807, 2.05) is 0 Å². The van der Waals surface area contributed by atoms with Crippen molar-refractivity contribution in [2.45, 2.75) is 25.8 Å². The zero-order valence-corrected chi connectivity index (χ0v) is 17.2. The highest BCUT2D eigenvalue weighted by Gasteiger charge is 2.23. The maximum atomic E-state index is 12.2. The Morgan fingerprint density at radius 1 is 1.15 bits per heavy atom. The lowest BCUT2D eigenvalue weighted by atomic mass is 9.95. The summed E-state index contributed by atoms with van der Waals surface area (Å²) < 4.78 is 0. The second kappa shape index (κ2) is 11.7. The van der Waals surface area contributed by atoms with Crippen molar-refractivity contribution in [1.29, 1.82) is 0 Å². The van der Waals surface area contributed by atoms with Crippen LogP contribution in [0.1, 0.15) is 19.8 Å². The van der Waals surface area contributed by atoms with Gasteiger partial charge in [0, 0.05) is 57.4 Å². The summed E-state index contributed by atoms with van der Waals surface area (Å²) in [6.07, 6.45) is 1.75. The molecule has 2 aliphatic heterocycles. The fraction of sp³-hybridized carbons (Fsp3) is 0.632. The number of piperazine rings is 1. The molecule has 2 saturated heterocycles. The Kier molecular flexibility index (Phi) is 10.3. The Hall–Kier alpha value is -1.01. The molecule has 3 rings (SSSR count). The fourth-order valence-electron chi connectivity index (χ4n) is 3.59. The van der Waals surface area contributed by atoms with Crippen LogP contribution in [0.2, 0.25) is 0 Å².